The minimum absolute atomic E-state index is 0.0582. The zero-order chi connectivity index (χ0) is 13.2. The molecule has 0 saturated carbocycles. The molecule has 2 rings (SSSR count). The van der Waals surface area contributed by atoms with Crippen molar-refractivity contribution >= 4 is 5.91 Å². The predicted octanol–water partition coefficient (Wildman–Crippen LogP) is -0.110. The quantitative estimate of drug-likeness (QED) is 0.656. The molecule has 2 unspecified atom stereocenters. The molecule has 2 atom stereocenters. The normalized spacial score (nSPS) is 36.2. The van der Waals surface area contributed by atoms with E-state index < -0.39 is 5.60 Å². The van der Waals surface area contributed by atoms with Crippen LogP contribution in [0.5, 0.6) is 0 Å². The highest BCUT2D eigenvalue weighted by Gasteiger charge is 2.44. The van der Waals surface area contributed by atoms with Crippen LogP contribution >= 0.6 is 0 Å². The van der Waals surface area contributed by atoms with Crippen molar-refractivity contribution in [1.82, 2.24) is 10.6 Å². The molecule has 0 aliphatic carbocycles. The van der Waals surface area contributed by atoms with Gasteiger partial charge in [0.05, 0.1) is 12.0 Å². The zero-order valence-corrected chi connectivity index (χ0v) is 11.3. The van der Waals surface area contributed by atoms with Crippen LogP contribution in [-0.2, 0) is 9.53 Å². The van der Waals surface area contributed by atoms with Gasteiger partial charge in [0.25, 0.3) is 0 Å². The van der Waals surface area contributed by atoms with Gasteiger partial charge in [0.15, 0.2) is 0 Å². The molecule has 2 aliphatic heterocycles. The number of nitrogens with one attached hydrogen (secondary N) is 2. The number of carbonyl (C=O) groups is 1. The first-order valence-electron chi connectivity index (χ1n) is 6.78. The lowest BCUT2D eigenvalue weighted by molar-refractivity contribution is -0.133. The van der Waals surface area contributed by atoms with Crippen molar-refractivity contribution in [2.75, 3.05) is 32.8 Å². The smallest absolute Gasteiger partial charge is 0.227 e. The second-order valence-electron chi connectivity index (χ2n) is 5.95. The molecule has 0 aromatic carbocycles. The number of amides is 1. The third kappa shape index (κ3) is 2.53. The van der Waals surface area contributed by atoms with Gasteiger partial charge in [-0.15, -0.1) is 0 Å². The highest BCUT2D eigenvalue weighted by molar-refractivity contribution is 5.83. The molecule has 5 nitrogen and oxygen atoms in total. The summed E-state index contributed by atoms with van der Waals surface area (Å²) in [5, 5.41) is 16.3. The molecule has 5 heteroatoms. The Hall–Kier alpha value is -0.650. The summed E-state index contributed by atoms with van der Waals surface area (Å²) in [5.41, 5.74) is -1.20. The monoisotopic (exact) mass is 256 g/mol. The fraction of sp³-hybridized carbons (Fsp3) is 0.923. The molecule has 2 aliphatic rings. The Morgan fingerprint density at radius 1 is 1.50 bits per heavy atom. The van der Waals surface area contributed by atoms with Gasteiger partial charge < -0.3 is 20.5 Å². The van der Waals surface area contributed by atoms with Crippen molar-refractivity contribution < 1.29 is 14.6 Å². The molecule has 1 amide bonds. The molecule has 0 spiro atoms. The number of aliphatic hydroxyl groups is 1. The fourth-order valence-corrected chi connectivity index (χ4v) is 2.82. The Bertz CT molecular complexity index is 305. The van der Waals surface area contributed by atoms with Gasteiger partial charge in [-0.05, 0) is 18.9 Å². The van der Waals surface area contributed by atoms with Crippen molar-refractivity contribution in [3.63, 3.8) is 0 Å². The van der Waals surface area contributed by atoms with E-state index in [4.69, 9.17) is 4.74 Å². The molecule has 18 heavy (non-hydrogen) atoms. The van der Waals surface area contributed by atoms with Gasteiger partial charge in [-0.1, -0.05) is 13.8 Å². The van der Waals surface area contributed by atoms with Gasteiger partial charge in [0.1, 0.15) is 5.60 Å². The minimum Gasteiger partial charge on any atom is -0.386 e. The van der Waals surface area contributed by atoms with E-state index in [-0.39, 0.29) is 11.3 Å². The van der Waals surface area contributed by atoms with E-state index >= 15 is 0 Å². The largest absolute Gasteiger partial charge is 0.386 e. The van der Waals surface area contributed by atoms with E-state index in [1.807, 2.05) is 0 Å². The molecule has 2 heterocycles. The Morgan fingerprint density at radius 3 is 2.78 bits per heavy atom. The number of hydrogen-bond acceptors (Lipinski definition) is 4. The molecule has 0 aromatic rings. The van der Waals surface area contributed by atoms with Gasteiger partial charge in [0.2, 0.25) is 5.91 Å². The van der Waals surface area contributed by atoms with E-state index in [0.29, 0.717) is 32.1 Å². The molecule has 0 radical (unpaired) electrons. The summed E-state index contributed by atoms with van der Waals surface area (Å²) in [6, 6.07) is 0. The lowest BCUT2D eigenvalue weighted by Gasteiger charge is -2.32. The second kappa shape index (κ2) is 5.15. The third-order valence-electron chi connectivity index (χ3n) is 4.41. The van der Waals surface area contributed by atoms with E-state index in [1.54, 1.807) is 0 Å². The van der Waals surface area contributed by atoms with Crippen LogP contribution in [0.2, 0.25) is 0 Å². The molecular formula is C13H24N2O3. The Balaban J connectivity index is 1.94. The number of hydrogen-bond donors (Lipinski definition) is 3. The topological polar surface area (TPSA) is 70.6 Å². The maximum Gasteiger partial charge on any atom is 0.227 e. The maximum absolute atomic E-state index is 12.4. The van der Waals surface area contributed by atoms with Gasteiger partial charge in [-0.3, -0.25) is 4.79 Å². The molecule has 2 saturated heterocycles. The molecule has 0 aromatic heterocycles. The van der Waals surface area contributed by atoms with E-state index in [2.05, 4.69) is 24.5 Å². The summed E-state index contributed by atoms with van der Waals surface area (Å²) in [4.78, 5) is 12.4. The fourth-order valence-electron chi connectivity index (χ4n) is 2.82. The number of ether oxygens (including phenoxy) is 1. The highest BCUT2D eigenvalue weighted by Crippen LogP contribution is 2.34. The second-order valence-corrected chi connectivity index (χ2v) is 5.95. The summed E-state index contributed by atoms with van der Waals surface area (Å²) in [5.74, 6) is 0.352. The van der Waals surface area contributed by atoms with Crippen LogP contribution in [0.25, 0.3) is 0 Å². The zero-order valence-electron chi connectivity index (χ0n) is 11.3. The van der Waals surface area contributed by atoms with Crippen molar-refractivity contribution in [2.45, 2.75) is 32.3 Å². The first-order chi connectivity index (χ1) is 8.49. The Labute approximate surface area is 108 Å². The van der Waals surface area contributed by atoms with Crippen LogP contribution in [0.1, 0.15) is 26.7 Å². The molecule has 3 N–H and O–H groups in total. The van der Waals surface area contributed by atoms with Crippen LogP contribution < -0.4 is 10.6 Å². The highest BCUT2D eigenvalue weighted by atomic mass is 16.5. The van der Waals surface area contributed by atoms with Crippen LogP contribution in [0.15, 0.2) is 0 Å². The summed E-state index contributed by atoms with van der Waals surface area (Å²) in [6.07, 6.45) is 1.46. The summed E-state index contributed by atoms with van der Waals surface area (Å²) in [6.45, 7) is 6.97. The number of rotatable bonds is 4. The van der Waals surface area contributed by atoms with Crippen LogP contribution in [0, 0.1) is 11.3 Å². The van der Waals surface area contributed by atoms with Gasteiger partial charge in [-0.25, -0.2) is 0 Å². The van der Waals surface area contributed by atoms with E-state index in [9.17, 15) is 9.90 Å². The third-order valence-corrected chi connectivity index (χ3v) is 4.41. The van der Waals surface area contributed by atoms with Crippen molar-refractivity contribution in [3.8, 4) is 0 Å². The first kappa shape index (κ1) is 13.8. The van der Waals surface area contributed by atoms with Crippen molar-refractivity contribution in [3.05, 3.63) is 0 Å². The Kier molecular flexibility index (Phi) is 3.94. The molecular weight excluding hydrogens is 232 g/mol. The summed E-state index contributed by atoms with van der Waals surface area (Å²) >= 11 is 0. The molecule has 104 valence electrons. The number of carbonyl (C=O) groups excluding carboxylic acids is 1. The van der Waals surface area contributed by atoms with Crippen LogP contribution in [0.3, 0.4) is 0 Å². The van der Waals surface area contributed by atoms with Gasteiger partial charge in [-0.2, -0.15) is 0 Å². The SMILES string of the molecule is CC(C)C1(C(=O)NCC2(O)CCOC2)CCNC1. The molecule has 0 bridgehead atoms. The average molecular weight is 256 g/mol. The average Bonchev–Trinajstić information content (AvgIpc) is 2.96. The van der Waals surface area contributed by atoms with Crippen molar-refractivity contribution in [2.24, 2.45) is 11.3 Å². The molecule has 2 fully saturated rings. The predicted molar refractivity (Wildman–Crippen MR) is 68.2 cm³/mol. The first-order valence-corrected chi connectivity index (χ1v) is 6.78. The summed E-state index contributed by atoms with van der Waals surface area (Å²) in [7, 11) is 0. The van der Waals surface area contributed by atoms with Crippen LogP contribution in [-0.4, -0.2) is 49.5 Å². The standard InChI is InChI=1S/C13H24N2O3/c1-10(2)13(3-5-14-8-13)11(16)15-7-12(17)4-6-18-9-12/h10,14,17H,3-9H2,1-2H3,(H,15,16). The van der Waals surface area contributed by atoms with Crippen LogP contribution in [0.4, 0.5) is 0 Å². The van der Waals surface area contributed by atoms with Gasteiger partial charge in [0, 0.05) is 26.1 Å². The maximum atomic E-state index is 12.4. The van der Waals surface area contributed by atoms with Gasteiger partial charge >= 0.3 is 0 Å². The lowest BCUT2D eigenvalue weighted by atomic mass is 9.75. The minimum atomic E-state index is -0.875. The summed E-state index contributed by atoms with van der Waals surface area (Å²) < 4.78 is 5.18. The Morgan fingerprint density at radius 2 is 2.28 bits per heavy atom. The lowest BCUT2D eigenvalue weighted by Crippen LogP contribution is -2.51. The van der Waals surface area contributed by atoms with E-state index in [0.717, 1.165) is 19.5 Å². The van der Waals surface area contributed by atoms with E-state index in [1.165, 1.54) is 0 Å². The van der Waals surface area contributed by atoms with Crippen molar-refractivity contribution in [1.29, 1.82) is 0 Å².